The number of halogens is 1. The second kappa shape index (κ2) is 5.49. The minimum absolute atomic E-state index is 0.210. The first kappa shape index (κ1) is 13.5. The molecule has 0 aliphatic carbocycles. The van der Waals surface area contributed by atoms with Crippen LogP contribution >= 0.6 is 15.9 Å². The molecule has 3 rings (SSSR count). The van der Waals surface area contributed by atoms with Gasteiger partial charge in [0.15, 0.2) is 0 Å². The van der Waals surface area contributed by atoms with Crippen LogP contribution in [0.15, 0.2) is 41.3 Å². The second-order valence-corrected chi connectivity index (χ2v) is 5.35. The number of anilines is 1. The van der Waals surface area contributed by atoms with Crippen molar-refractivity contribution in [1.82, 2.24) is 25.2 Å². The Labute approximate surface area is 128 Å². The summed E-state index contributed by atoms with van der Waals surface area (Å²) in [5.74, 6) is -0.210. The van der Waals surface area contributed by atoms with Crippen molar-refractivity contribution < 1.29 is 4.79 Å². The van der Waals surface area contributed by atoms with Crippen LogP contribution in [0.4, 0.5) is 5.69 Å². The minimum Gasteiger partial charge on any atom is -0.356 e. The van der Waals surface area contributed by atoms with Gasteiger partial charge < -0.3 is 10.3 Å². The summed E-state index contributed by atoms with van der Waals surface area (Å²) in [7, 11) is 0. The molecule has 8 heteroatoms. The summed E-state index contributed by atoms with van der Waals surface area (Å²) < 4.78 is 2.35. The molecule has 0 atom stereocenters. The Kier molecular flexibility index (Phi) is 3.53. The number of nitrogens with one attached hydrogen (secondary N) is 2. The van der Waals surface area contributed by atoms with E-state index >= 15 is 0 Å². The van der Waals surface area contributed by atoms with Crippen LogP contribution in [-0.4, -0.2) is 31.1 Å². The quantitative estimate of drug-likeness (QED) is 0.761. The van der Waals surface area contributed by atoms with Crippen LogP contribution in [0.2, 0.25) is 0 Å². The van der Waals surface area contributed by atoms with Crippen molar-refractivity contribution in [3.05, 3.63) is 52.5 Å². The molecule has 3 aromatic rings. The lowest BCUT2D eigenvalue weighted by Crippen LogP contribution is -2.13. The van der Waals surface area contributed by atoms with E-state index in [9.17, 15) is 4.79 Å². The fourth-order valence-corrected chi connectivity index (χ4v) is 2.20. The molecule has 21 heavy (non-hydrogen) atoms. The van der Waals surface area contributed by atoms with Crippen molar-refractivity contribution in [1.29, 1.82) is 0 Å². The molecule has 0 saturated heterocycles. The van der Waals surface area contributed by atoms with Crippen molar-refractivity contribution in [2.75, 3.05) is 5.32 Å². The molecule has 2 N–H and O–H groups in total. The van der Waals surface area contributed by atoms with Gasteiger partial charge in [-0.15, -0.1) is 5.10 Å². The number of hydrogen-bond donors (Lipinski definition) is 2. The van der Waals surface area contributed by atoms with Crippen molar-refractivity contribution >= 4 is 27.5 Å². The molecule has 2 aromatic heterocycles. The van der Waals surface area contributed by atoms with E-state index in [1.54, 1.807) is 12.3 Å². The van der Waals surface area contributed by atoms with Gasteiger partial charge in [-0.2, -0.15) is 0 Å². The lowest BCUT2D eigenvalue weighted by Gasteiger charge is -2.09. The zero-order chi connectivity index (χ0) is 14.8. The molecule has 0 unspecified atom stereocenters. The molecule has 7 nitrogen and oxygen atoms in total. The van der Waals surface area contributed by atoms with Crippen LogP contribution < -0.4 is 5.32 Å². The SMILES string of the molecule is Cc1ccc(-n2cnnn2)cc1NC(=O)c1cc(Br)c[nH]1. The molecular weight excluding hydrogens is 336 g/mol. The third-order valence-electron chi connectivity index (χ3n) is 2.98. The summed E-state index contributed by atoms with van der Waals surface area (Å²) >= 11 is 3.30. The zero-order valence-corrected chi connectivity index (χ0v) is 12.6. The molecule has 2 heterocycles. The number of aromatic amines is 1. The van der Waals surface area contributed by atoms with E-state index in [-0.39, 0.29) is 5.91 Å². The molecule has 0 saturated carbocycles. The Morgan fingerprint density at radius 3 is 2.90 bits per heavy atom. The van der Waals surface area contributed by atoms with Gasteiger partial charge in [0.05, 0.1) is 5.69 Å². The normalized spacial score (nSPS) is 10.6. The van der Waals surface area contributed by atoms with Gasteiger partial charge in [-0.05, 0) is 57.0 Å². The van der Waals surface area contributed by atoms with Gasteiger partial charge >= 0.3 is 0 Å². The maximum atomic E-state index is 12.2. The number of aryl methyl sites for hydroxylation is 1. The summed E-state index contributed by atoms with van der Waals surface area (Å²) in [6.45, 7) is 1.92. The largest absolute Gasteiger partial charge is 0.356 e. The van der Waals surface area contributed by atoms with E-state index in [2.05, 4.69) is 41.8 Å². The number of amides is 1. The molecule has 0 bridgehead atoms. The highest BCUT2D eigenvalue weighted by atomic mass is 79.9. The average Bonchev–Trinajstić information content (AvgIpc) is 3.12. The first-order valence-electron chi connectivity index (χ1n) is 6.13. The first-order chi connectivity index (χ1) is 10.1. The van der Waals surface area contributed by atoms with Gasteiger partial charge in [0.2, 0.25) is 0 Å². The van der Waals surface area contributed by atoms with Crippen LogP contribution in [0.5, 0.6) is 0 Å². The monoisotopic (exact) mass is 346 g/mol. The number of aromatic nitrogens is 5. The van der Waals surface area contributed by atoms with Crippen LogP contribution in [0.3, 0.4) is 0 Å². The first-order valence-corrected chi connectivity index (χ1v) is 6.92. The van der Waals surface area contributed by atoms with Gasteiger partial charge in [0.1, 0.15) is 12.0 Å². The molecule has 1 amide bonds. The van der Waals surface area contributed by atoms with Crippen LogP contribution in [0.25, 0.3) is 5.69 Å². The topological polar surface area (TPSA) is 88.5 Å². The predicted molar refractivity (Wildman–Crippen MR) is 80.3 cm³/mol. The van der Waals surface area contributed by atoms with E-state index in [0.717, 1.165) is 15.7 Å². The van der Waals surface area contributed by atoms with E-state index < -0.39 is 0 Å². The number of nitrogens with zero attached hydrogens (tertiary/aromatic N) is 4. The Bertz CT molecular complexity index is 780. The number of benzene rings is 1. The molecular formula is C13H11BrN6O. The fraction of sp³-hybridized carbons (Fsp3) is 0.0769. The Balaban J connectivity index is 1.88. The highest BCUT2D eigenvalue weighted by molar-refractivity contribution is 9.10. The molecule has 0 spiro atoms. The van der Waals surface area contributed by atoms with E-state index in [1.165, 1.54) is 11.0 Å². The van der Waals surface area contributed by atoms with E-state index in [1.807, 2.05) is 25.1 Å². The molecule has 106 valence electrons. The van der Waals surface area contributed by atoms with Gasteiger partial charge in [-0.3, -0.25) is 4.79 Å². The van der Waals surface area contributed by atoms with Gasteiger partial charge in [0.25, 0.3) is 5.91 Å². The fourth-order valence-electron chi connectivity index (χ4n) is 1.86. The summed E-state index contributed by atoms with van der Waals surface area (Å²) in [6, 6.07) is 7.32. The smallest absolute Gasteiger partial charge is 0.272 e. The van der Waals surface area contributed by atoms with Gasteiger partial charge in [0, 0.05) is 16.4 Å². The number of hydrogen-bond acceptors (Lipinski definition) is 4. The minimum atomic E-state index is -0.210. The van der Waals surface area contributed by atoms with Gasteiger partial charge in [-0.25, -0.2) is 4.68 Å². The zero-order valence-electron chi connectivity index (χ0n) is 11.0. The van der Waals surface area contributed by atoms with Crippen molar-refractivity contribution in [3.8, 4) is 5.69 Å². The highest BCUT2D eigenvalue weighted by Crippen LogP contribution is 2.20. The molecule has 0 aliphatic heterocycles. The van der Waals surface area contributed by atoms with Crippen molar-refractivity contribution in [3.63, 3.8) is 0 Å². The Hall–Kier alpha value is -2.48. The molecule has 0 radical (unpaired) electrons. The maximum absolute atomic E-state index is 12.2. The number of H-pyrrole nitrogens is 1. The molecule has 0 aliphatic rings. The summed E-state index contributed by atoms with van der Waals surface area (Å²) in [4.78, 5) is 15.1. The lowest BCUT2D eigenvalue weighted by molar-refractivity contribution is 0.102. The summed E-state index contributed by atoms with van der Waals surface area (Å²) in [5.41, 5.74) is 2.91. The van der Waals surface area contributed by atoms with Crippen LogP contribution in [0.1, 0.15) is 16.1 Å². The Morgan fingerprint density at radius 1 is 1.38 bits per heavy atom. The highest BCUT2D eigenvalue weighted by Gasteiger charge is 2.11. The summed E-state index contributed by atoms with van der Waals surface area (Å²) in [5, 5.41) is 13.9. The third-order valence-corrected chi connectivity index (χ3v) is 3.43. The predicted octanol–water partition coefficient (Wildman–Crippen LogP) is 2.31. The second-order valence-electron chi connectivity index (χ2n) is 4.44. The lowest BCUT2D eigenvalue weighted by atomic mass is 10.1. The van der Waals surface area contributed by atoms with Crippen molar-refractivity contribution in [2.24, 2.45) is 0 Å². The molecule has 1 aromatic carbocycles. The average molecular weight is 347 g/mol. The van der Waals surface area contributed by atoms with Crippen LogP contribution in [0, 0.1) is 6.92 Å². The maximum Gasteiger partial charge on any atom is 0.272 e. The number of carbonyl (C=O) groups is 1. The van der Waals surface area contributed by atoms with E-state index in [0.29, 0.717) is 11.4 Å². The third kappa shape index (κ3) is 2.84. The summed E-state index contributed by atoms with van der Waals surface area (Å²) in [6.07, 6.45) is 3.21. The van der Waals surface area contributed by atoms with E-state index in [4.69, 9.17) is 0 Å². The van der Waals surface area contributed by atoms with Crippen LogP contribution in [-0.2, 0) is 0 Å². The number of rotatable bonds is 3. The molecule has 0 fully saturated rings. The number of carbonyl (C=O) groups excluding carboxylic acids is 1. The van der Waals surface area contributed by atoms with Gasteiger partial charge in [-0.1, -0.05) is 6.07 Å². The number of tetrazole rings is 1. The standard InChI is InChI=1S/C13H11BrN6O/c1-8-2-3-10(20-7-16-18-19-20)5-11(8)17-13(21)12-4-9(14)6-15-12/h2-7,15H,1H3,(H,17,21). The Morgan fingerprint density at radius 2 is 2.24 bits per heavy atom. The van der Waals surface area contributed by atoms with Crippen molar-refractivity contribution in [2.45, 2.75) is 6.92 Å².